The van der Waals surface area contributed by atoms with Gasteiger partial charge in [-0.15, -0.1) is 0 Å². The van der Waals surface area contributed by atoms with E-state index in [1.165, 1.54) is 19.2 Å². The number of para-hydroxylation sites is 1. The van der Waals surface area contributed by atoms with E-state index in [1.807, 2.05) is 24.3 Å². The molecule has 0 saturated carbocycles. The first-order valence-corrected chi connectivity index (χ1v) is 6.81. The molecule has 0 aliphatic rings. The number of nitrogens with one attached hydrogen (secondary N) is 1. The second-order valence-corrected chi connectivity index (χ2v) is 4.83. The number of carbonyl (C=O) groups is 1. The first-order chi connectivity index (χ1) is 10.7. The van der Waals surface area contributed by atoms with Crippen molar-refractivity contribution in [2.24, 2.45) is 0 Å². The van der Waals surface area contributed by atoms with Crippen molar-refractivity contribution in [1.82, 2.24) is 0 Å². The number of fused-ring (bicyclic) bond motifs is 1. The molecule has 22 heavy (non-hydrogen) atoms. The molecule has 110 valence electrons. The maximum atomic E-state index is 13.7. The van der Waals surface area contributed by atoms with Crippen molar-refractivity contribution in [3.8, 4) is 5.75 Å². The molecule has 3 rings (SSSR count). The Kier molecular flexibility index (Phi) is 3.74. The molecule has 1 amide bonds. The summed E-state index contributed by atoms with van der Waals surface area (Å²) in [6.45, 7) is 0. The Balaban J connectivity index is 2.01. The summed E-state index contributed by atoms with van der Waals surface area (Å²) in [6.07, 6.45) is 0. The third-order valence-corrected chi connectivity index (χ3v) is 3.43. The van der Waals surface area contributed by atoms with Crippen LogP contribution in [0.25, 0.3) is 10.8 Å². The molecule has 0 bridgehead atoms. The van der Waals surface area contributed by atoms with E-state index in [2.05, 4.69) is 5.32 Å². The number of anilines is 1. The minimum absolute atomic E-state index is 0.141. The second-order valence-electron chi connectivity index (χ2n) is 4.83. The summed E-state index contributed by atoms with van der Waals surface area (Å²) in [5.41, 5.74) is 0.507. The molecule has 0 aromatic heterocycles. The third-order valence-electron chi connectivity index (χ3n) is 3.43. The van der Waals surface area contributed by atoms with Crippen LogP contribution < -0.4 is 10.1 Å². The molecule has 0 fully saturated rings. The predicted molar refractivity (Wildman–Crippen MR) is 84.9 cm³/mol. The van der Waals surface area contributed by atoms with Crippen LogP contribution in [0.5, 0.6) is 5.75 Å². The van der Waals surface area contributed by atoms with E-state index in [0.29, 0.717) is 11.3 Å². The standard InChI is InChI=1S/C18H14FNO2/c1-22-17-11-13-7-3-2-6-12(13)10-14(17)18(21)20-16-9-5-4-8-15(16)19/h2-11H,1H3,(H,20,21). The van der Waals surface area contributed by atoms with Crippen LogP contribution in [0.1, 0.15) is 10.4 Å². The highest BCUT2D eigenvalue weighted by molar-refractivity contribution is 6.08. The molecule has 0 aliphatic heterocycles. The summed E-state index contributed by atoms with van der Waals surface area (Å²) in [5, 5.41) is 4.46. The SMILES string of the molecule is COc1cc2ccccc2cc1C(=O)Nc1ccccc1F. The van der Waals surface area contributed by atoms with Gasteiger partial charge >= 0.3 is 0 Å². The Morgan fingerprint density at radius 3 is 2.32 bits per heavy atom. The summed E-state index contributed by atoms with van der Waals surface area (Å²) in [6, 6.07) is 17.3. The number of benzene rings is 3. The number of hydrogen-bond donors (Lipinski definition) is 1. The summed E-state index contributed by atoms with van der Waals surface area (Å²) in [5.74, 6) is -0.434. The largest absolute Gasteiger partial charge is 0.496 e. The molecule has 0 spiro atoms. The molecule has 0 atom stereocenters. The molecule has 3 aromatic carbocycles. The number of carbonyl (C=O) groups excluding carboxylic acids is 1. The fourth-order valence-corrected chi connectivity index (χ4v) is 2.32. The van der Waals surface area contributed by atoms with E-state index in [-0.39, 0.29) is 5.69 Å². The van der Waals surface area contributed by atoms with Gasteiger partial charge in [-0.1, -0.05) is 36.4 Å². The van der Waals surface area contributed by atoms with Gasteiger partial charge in [0, 0.05) is 0 Å². The number of hydrogen-bond acceptors (Lipinski definition) is 2. The van der Waals surface area contributed by atoms with Crippen molar-refractivity contribution in [1.29, 1.82) is 0 Å². The zero-order valence-corrected chi connectivity index (χ0v) is 12.0. The Morgan fingerprint density at radius 2 is 1.64 bits per heavy atom. The molecule has 3 nitrogen and oxygen atoms in total. The molecule has 0 heterocycles. The first-order valence-electron chi connectivity index (χ1n) is 6.81. The van der Waals surface area contributed by atoms with Gasteiger partial charge in [0.15, 0.2) is 0 Å². The van der Waals surface area contributed by atoms with Crippen LogP contribution in [-0.2, 0) is 0 Å². The summed E-state index contributed by atoms with van der Waals surface area (Å²) in [7, 11) is 1.50. The lowest BCUT2D eigenvalue weighted by atomic mass is 10.1. The lowest BCUT2D eigenvalue weighted by Crippen LogP contribution is -2.14. The number of ether oxygens (including phenoxy) is 1. The Hall–Kier alpha value is -2.88. The third kappa shape index (κ3) is 2.63. The van der Waals surface area contributed by atoms with Crippen molar-refractivity contribution < 1.29 is 13.9 Å². The Morgan fingerprint density at radius 1 is 1.00 bits per heavy atom. The summed E-state index contributed by atoms with van der Waals surface area (Å²) in [4.78, 5) is 12.4. The molecule has 0 aliphatic carbocycles. The fourth-order valence-electron chi connectivity index (χ4n) is 2.32. The lowest BCUT2D eigenvalue weighted by molar-refractivity contribution is 0.102. The zero-order chi connectivity index (χ0) is 15.5. The quantitative estimate of drug-likeness (QED) is 0.785. The molecule has 0 saturated heterocycles. The van der Waals surface area contributed by atoms with Crippen LogP contribution in [0.15, 0.2) is 60.7 Å². The number of methoxy groups -OCH3 is 1. The van der Waals surface area contributed by atoms with Crippen molar-refractivity contribution in [3.05, 3.63) is 72.0 Å². The van der Waals surface area contributed by atoms with Gasteiger partial charge < -0.3 is 10.1 Å². The van der Waals surface area contributed by atoms with E-state index >= 15 is 0 Å². The maximum absolute atomic E-state index is 13.7. The van der Waals surface area contributed by atoms with Gasteiger partial charge in [-0.05, 0) is 35.0 Å². The number of rotatable bonds is 3. The highest BCUT2D eigenvalue weighted by Crippen LogP contribution is 2.27. The second kappa shape index (κ2) is 5.85. The molecule has 0 unspecified atom stereocenters. The topological polar surface area (TPSA) is 38.3 Å². The van der Waals surface area contributed by atoms with Crippen LogP contribution >= 0.6 is 0 Å². The molecule has 4 heteroatoms. The zero-order valence-electron chi connectivity index (χ0n) is 12.0. The van der Waals surface area contributed by atoms with E-state index < -0.39 is 11.7 Å². The average Bonchev–Trinajstić information content (AvgIpc) is 2.55. The van der Waals surface area contributed by atoms with Crippen LogP contribution in [0.3, 0.4) is 0 Å². The normalized spacial score (nSPS) is 10.5. The summed E-state index contributed by atoms with van der Waals surface area (Å²) >= 11 is 0. The minimum Gasteiger partial charge on any atom is -0.496 e. The highest BCUT2D eigenvalue weighted by atomic mass is 19.1. The minimum atomic E-state index is -0.476. The van der Waals surface area contributed by atoms with Crippen LogP contribution in [0, 0.1) is 5.82 Å². The fraction of sp³-hybridized carbons (Fsp3) is 0.0556. The van der Waals surface area contributed by atoms with Gasteiger partial charge in [-0.3, -0.25) is 4.79 Å². The van der Waals surface area contributed by atoms with Gasteiger partial charge in [0.05, 0.1) is 18.4 Å². The average molecular weight is 295 g/mol. The van der Waals surface area contributed by atoms with Gasteiger partial charge in [0.25, 0.3) is 5.91 Å². The molecule has 3 aromatic rings. The molecular formula is C18H14FNO2. The van der Waals surface area contributed by atoms with Crippen molar-refractivity contribution in [2.45, 2.75) is 0 Å². The molecular weight excluding hydrogens is 281 g/mol. The van der Waals surface area contributed by atoms with Gasteiger partial charge in [-0.25, -0.2) is 4.39 Å². The number of halogens is 1. The van der Waals surface area contributed by atoms with Gasteiger partial charge in [0.1, 0.15) is 11.6 Å². The van der Waals surface area contributed by atoms with Crippen molar-refractivity contribution in [3.63, 3.8) is 0 Å². The van der Waals surface area contributed by atoms with E-state index in [4.69, 9.17) is 4.74 Å². The van der Waals surface area contributed by atoms with Crippen LogP contribution in [-0.4, -0.2) is 13.0 Å². The maximum Gasteiger partial charge on any atom is 0.259 e. The van der Waals surface area contributed by atoms with Crippen molar-refractivity contribution in [2.75, 3.05) is 12.4 Å². The lowest BCUT2D eigenvalue weighted by Gasteiger charge is -2.11. The van der Waals surface area contributed by atoms with Crippen LogP contribution in [0.2, 0.25) is 0 Å². The van der Waals surface area contributed by atoms with E-state index in [9.17, 15) is 9.18 Å². The van der Waals surface area contributed by atoms with Crippen LogP contribution in [0.4, 0.5) is 10.1 Å². The van der Waals surface area contributed by atoms with E-state index in [0.717, 1.165) is 10.8 Å². The Bertz CT molecular complexity index is 845. The smallest absolute Gasteiger partial charge is 0.259 e. The molecule has 0 radical (unpaired) electrons. The Labute approximate surface area is 127 Å². The highest BCUT2D eigenvalue weighted by Gasteiger charge is 2.15. The molecule has 1 N–H and O–H groups in total. The number of amides is 1. The summed E-state index contributed by atoms with van der Waals surface area (Å²) < 4.78 is 18.9. The monoisotopic (exact) mass is 295 g/mol. The predicted octanol–water partition coefficient (Wildman–Crippen LogP) is 4.24. The van der Waals surface area contributed by atoms with Crippen molar-refractivity contribution >= 4 is 22.4 Å². The van der Waals surface area contributed by atoms with E-state index in [1.54, 1.807) is 24.3 Å². The first kappa shape index (κ1) is 14.1. The van der Waals surface area contributed by atoms with Gasteiger partial charge in [-0.2, -0.15) is 0 Å². The van der Waals surface area contributed by atoms with Gasteiger partial charge in [0.2, 0.25) is 0 Å².